The van der Waals surface area contributed by atoms with Gasteiger partial charge in [0, 0.05) is 0 Å². The van der Waals surface area contributed by atoms with Crippen LogP contribution < -0.4 is 9.47 Å². The Balaban J connectivity index is 1.53. The molecule has 1 aromatic heterocycles. The number of hydrogen-bond acceptors (Lipinski definition) is 3. The maximum Gasteiger partial charge on any atom is 0.148 e. The first-order valence-electron chi connectivity index (χ1n) is 8.80. The molecule has 0 saturated carbocycles. The topological polar surface area (TPSA) is 36.3 Å². The Bertz CT molecular complexity index is 1030. The molecule has 0 fully saturated rings. The van der Waals surface area contributed by atoms with Gasteiger partial charge in [0.25, 0.3) is 0 Å². The summed E-state index contributed by atoms with van der Waals surface area (Å²) in [6, 6.07) is 25.3. The highest BCUT2D eigenvalue weighted by atomic mass is 35.5. The molecule has 27 heavy (non-hydrogen) atoms. The predicted octanol–water partition coefficient (Wildman–Crippen LogP) is 5.35. The third-order valence-electron chi connectivity index (χ3n) is 4.25. The van der Waals surface area contributed by atoms with Gasteiger partial charge in [0.05, 0.1) is 22.6 Å². The molecule has 0 radical (unpaired) electrons. The minimum absolute atomic E-state index is 0.337. The molecule has 0 saturated heterocycles. The van der Waals surface area contributed by atoms with Crippen molar-refractivity contribution in [3.05, 3.63) is 89.7 Å². The van der Waals surface area contributed by atoms with Crippen LogP contribution in [0.15, 0.2) is 78.9 Å². The van der Waals surface area contributed by atoms with Gasteiger partial charge < -0.3 is 14.0 Å². The van der Waals surface area contributed by atoms with Crippen LogP contribution in [0.1, 0.15) is 5.82 Å². The van der Waals surface area contributed by atoms with Crippen LogP contribution in [0.4, 0.5) is 0 Å². The molecule has 0 bridgehead atoms. The number of aromatic nitrogens is 2. The molecule has 1 heterocycles. The molecule has 5 heteroatoms. The molecule has 3 aromatic carbocycles. The summed E-state index contributed by atoms with van der Waals surface area (Å²) in [5, 5.41) is 0.590. The van der Waals surface area contributed by atoms with Crippen LogP contribution in [0.5, 0.6) is 11.5 Å². The van der Waals surface area contributed by atoms with Crippen molar-refractivity contribution in [2.24, 2.45) is 0 Å². The maximum absolute atomic E-state index is 6.19. The quantitative estimate of drug-likeness (QED) is 0.435. The van der Waals surface area contributed by atoms with Crippen LogP contribution >= 0.6 is 11.6 Å². The number of imidazole rings is 1. The van der Waals surface area contributed by atoms with E-state index >= 15 is 0 Å². The maximum atomic E-state index is 6.19. The molecule has 0 amide bonds. The fraction of sp³-hybridized carbons (Fsp3) is 0.136. The van der Waals surface area contributed by atoms with Gasteiger partial charge in [-0.25, -0.2) is 4.98 Å². The Hall–Kier alpha value is -2.98. The second-order valence-electron chi connectivity index (χ2n) is 6.05. The lowest BCUT2D eigenvalue weighted by molar-refractivity contribution is 0.272. The largest absolute Gasteiger partial charge is 0.492 e. The summed E-state index contributed by atoms with van der Waals surface area (Å²) < 4.78 is 13.9. The SMILES string of the molecule is Clc1ccccc1OCc1nc2ccccc2n1CCOc1ccccc1. The molecular weight excluding hydrogens is 360 g/mol. The van der Waals surface area contributed by atoms with Gasteiger partial charge in [-0.2, -0.15) is 0 Å². The van der Waals surface area contributed by atoms with E-state index in [2.05, 4.69) is 10.6 Å². The zero-order valence-electron chi connectivity index (χ0n) is 14.7. The zero-order valence-corrected chi connectivity index (χ0v) is 15.5. The van der Waals surface area contributed by atoms with E-state index < -0.39 is 0 Å². The van der Waals surface area contributed by atoms with E-state index in [-0.39, 0.29) is 0 Å². The number of fused-ring (bicyclic) bond motifs is 1. The first-order chi connectivity index (χ1) is 13.3. The van der Waals surface area contributed by atoms with Gasteiger partial charge >= 0.3 is 0 Å². The van der Waals surface area contributed by atoms with Crippen LogP contribution in [-0.2, 0) is 13.2 Å². The minimum atomic E-state index is 0.337. The number of rotatable bonds is 7. The summed E-state index contributed by atoms with van der Waals surface area (Å²) in [5.41, 5.74) is 2.00. The van der Waals surface area contributed by atoms with Crippen molar-refractivity contribution >= 4 is 22.6 Å². The number of hydrogen-bond donors (Lipinski definition) is 0. The molecular formula is C22H19ClN2O2. The highest BCUT2D eigenvalue weighted by molar-refractivity contribution is 6.32. The molecule has 136 valence electrons. The summed E-state index contributed by atoms with van der Waals surface area (Å²) in [6.45, 7) is 1.56. The Morgan fingerprint density at radius 3 is 2.41 bits per heavy atom. The molecule has 0 aliphatic carbocycles. The summed E-state index contributed by atoms with van der Waals surface area (Å²) in [6.07, 6.45) is 0. The van der Waals surface area contributed by atoms with Crippen LogP contribution in [0, 0.1) is 0 Å². The first-order valence-corrected chi connectivity index (χ1v) is 9.18. The average Bonchev–Trinajstić information content (AvgIpc) is 3.06. The molecule has 0 N–H and O–H groups in total. The van der Waals surface area contributed by atoms with Crippen LogP contribution in [0.3, 0.4) is 0 Å². The number of halogens is 1. The molecule has 4 rings (SSSR count). The third kappa shape index (κ3) is 4.07. The Kier molecular flexibility index (Phi) is 5.26. The van der Waals surface area contributed by atoms with Gasteiger partial charge in [0.1, 0.15) is 30.5 Å². The van der Waals surface area contributed by atoms with Gasteiger partial charge in [0.15, 0.2) is 0 Å². The standard InChI is InChI=1S/C22H19ClN2O2/c23-18-10-4-7-13-21(18)27-16-22-24-19-11-5-6-12-20(19)25(22)14-15-26-17-8-2-1-3-9-17/h1-13H,14-16H2. The molecule has 4 nitrogen and oxygen atoms in total. The number of ether oxygens (including phenoxy) is 2. The van der Waals surface area contributed by atoms with Crippen molar-refractivity contribution < 1.29 is 9.47 Å². The van der Waals surface area contributed by atoms with E-state index in [4.69, 9.17) is 26.1 Å². The van der Waals surface area contributed by atoms with Crippen molar-refractivity contribution in [3.8, 4) is 11.5 Å². The van der Waals surface area contributed by atoms with E-state index in [1.165, 1.54) is 0 Å². The highest BCUT2D eigenvalue weighted by Gasteiger charge is 2.12. The van der Waals surface area contributed by atoms with Gasteiger partial charge in [-0.05, 0) is 36.4 Å². The number of benzene rings is 3. The average molecular weight is 379 g/mol. The third-order valence-corrected chi connectivity index (χ3v) is 4.57. The van der Waals surface area contributed by atoms with E-state index in [9.17, 15) is 0 Å². The number of para-hydroxylation sites is 4. The van der Waals surface area contributed by atoms with Gasteiger partial charge in [0.2, 0.25) is 0 Å². The minimum Gasteiger partial charge on any atom is -0.492 e. The highest BCUT2D eigenvalue weighted by Crippen LogP contribution is 2.25. The number of nitrogens with zero attached hydrogens (tertiary/aromatic N) is 2. The summed E-state index contributed by atoms with van der Waals surface area (Å²) in [5.74, 6) is 2.35. The summed E-state index contributed by atoms with van der Waals surface area (Å²) >= 11 is 6.19. The molecule has 0 atom stereocenters. The van der Waals surface area contributed by atoms with Crippen LogP contribution in [0.2, 0.25) is 5.02 Å². The van der Waals surface area contributed by atoms with E-state index in [0.717, 1.165) is 22.6 Å². The van der Waals surface area contributed by atoms with Gasteiger partial charge in [-0.3, -0.25) is 0 Å². The summed E-state index contributed by atoms with van der Waals surface area (Å²) in [4.78, 5) is 4.72. The molecule has 4 aromatic rings. The van der Waals surface area contributed by atoms with Crippen molar-refractivity contribution in [1.82, 2.24) is 9.55 Å². The Labute approximate surface area is 162 Å². The van der Waals surface area contributed by atoms with Crippen LogP contribution in [-0.4, -0.2) is 16.2 Å². The van der Waals surface area contributed by atoms with Crippen molar-refractivity contribution in [2.75, 3.05) is 6.61 Å². The smallest absolute Gasteiger partial charge is 0.148 e. The first kappa shape index (κ1) is 17.4. The van der Waals surface area contributed by atoms with E-state index in [1.54, 1.807) is 0 Å². The summed E-state index contributed by atoms with van der Waals surface area (Å²) in [7, 11) is 0. The Morgan fingerprint density at radius 1 is 0.815 bits per heavy atom. The molecule has 0 spiro atoms. The van der Waals surface area contributed by atoms with Crippen molar-refractivity contribution in [2.45, 2.75) is 13.2 Å². The molecule has 0 aliphatic rings. The Morgan fingerprint density at radius 2 is 1.56 bits per heavy atom. The molecule has 0 unspecified atom stereocenters. The van der Waals surface area contributed by atoms with E-state index in [0.29, 0.717) is 30.5 Å². The van der Waals surface area contributed by atoms with E-state index in [1.807, 2.05) is 72.8 Å². The zero-order chi connectivity index (χ0) is 18.5. The normalized spacial score (nSPS) is 10.9. The lowest BCUT2D eigenvalue weighted by atomic mass is 10.3. The fourth-order valence-corrected chi connectivity index (χ4v) is 3.15. The lowest BCUT2D eigenvalue weighted by Gasteiger charge is -2.12. The molecule has 0 aliphatic heterocycles. The van der Waals surface area contributed by atoms with Gasteiger partial charge in [-0.1, -0.05) is 54.1 Å². The second kappa shape index (κ2) is 8.14. The fourth-order valence-electron chi connectivity index (χ4n) is 2.96. The monoisotopic (exact) mass is 378 g/mol. The predicted molar refractivity (Wildman–Crippen MR) is 107 cm³/mol. The second-order valence-corrected chi connectivity index (χ2v) is 6.46. The lowest BCUT2D eigenvalue weighted by Crippen LogP contribution is -2.13. The van der Waals surface area contributed by atoms with Crippen LogP contribution in [0.25, 0.3) is 11.0 Å². The van der Waals surface area contributed by atoms with Crippen molar-refractivity contribution in [3.63, 3.8) is 0 Å². The van der Waals surface area contributed by atoms with Crippen molar-refractivity contribution in [1.29, 1.82) is 0 Å². The van der Waals surface area contributed by atoms with Gasteiger partial charge in [-0.15, -0.1) is 0 Å².